The highest BCUT2D eigenvalue weighted by molar-refractivity contribution is 5.83. The van der Waals surface area contributed by atoms with Crippen molar-refractivity contribution in [2.75, 3.05) is 13.2 Å². The summed E-state index contributed by atoms with van der Waals surface area (Å²) in [5.74, 6) is -1.03. The van der Waals surface area contributed by atoms with E-state index in [1.54, 1.807) is 6.92 Å². The zero-order valence-corrected chi connectivity index (χ0v) is 6.93. The molecule has 1 heterocycles. The summed E-state index contributed by atoms with van der Waals surface area (Å²) in [6.45, 7) is 5.29. The van der Waals surface area contributed by atoms with Crippen LogP contribution in [-0.2, 0) is 14.3 Å². The molecule has 0 bridgehead atoms. The molecule has 1 saturated heterocycles. The maximum absolute atomic E-state index is 13.6. The third-order valence-electron chi connectivity index (χ3n) is 1.76. The van der Waals surface area contributed by atoms with Crippen molar-refractivity contribution >= 4 is 5.97 Å². The molecular weight excluding hydrogens is 163 g/mol. The maximum Gasteiger partial charge on any atom is 0.352 e. The highest BCUT2D eigenvalue weighted by Crippen LogP contribution is 2.33. The molecular formula is C8H11FO3. The third kappa shape index (κ3) is 1.29. The second-order valence-corrected chi connectivity index (χ2v) is 2.54. The summed E-state index contributed by atoms with van der Waals surface area (Å²) in [7, 11) is 0. The second-order valence-electron chi connectivity index (χ2n) is 2.54. The number of hydrogen-bond donors (Lipinski definition) is 0. The van der Waals surface area contributed by atoms with Gasteiger partial charge in [0.25, 0.3) is 5.67 Å². The van der Waals surface area contributed by atoms with E-state index in [2.05, 4.69) is 11.3 Å². The quantitative estimate of drug-likeness (QED) is 0.590. The summed E-state index contributed by atoms with van der Waals surface area (Å²) >= 11 is 0. The van der Waals surface area contributed by atoms with Gasteiger partial charge in [0.05, 0.1) is 13.2 Å². The number of carbonyl (C=O) groups is 1. The standard InChI is InChI=1S/C8H11FO3/c1-3-11-7(10)8(9)4-5-12-6(8)2/h2-5H2,1H3. The lowest BCUT2D eigenvalue weighted by Gasteiger charge is -2.15. The molecule has 0 N–H and O–H groups in total. The molecule has 3 nitrogen and oxygen atoms in total. The van der Waals surface area contributed by atoms with Gasteiger partial charge in [0, 0.05) is 6.42 Å². The second kappa shape index (κ2) is 3.13. The van der Waals surface area contributed by atoms with Crippen molar-refractivity contribution in [3.8, 4) is 0 Å². The Labute approximate surface area is 70.2 Å². The minimum absolute atomic E-state index is 0.00463. The van der Waals surface area contributed by atoms with Crippen molar-refractivity contribution in [3.05, 3.63) is 12.3 Å². The van der Waals surface area contributed by atoms with Gasteiger partial charge >= 0.3 is 5.97 Å². The number of esters is 1. The van der Waals surface area contributed by atoms with E-state index in [4.69, 9.17) is 4.74 Å². The van der Waals surface area contributed by atoms with Gasteiger partial charge in [0.15, 0.2) is 0 Å². The summed E-state index contributed by atoms with van der Waals surface area (Å²) in [6, 6.07) is 0. The molecule has 4 heteroatoms. The van der Waals surface area contributed by atoms with Crippen LogP contribution in [0.4, 0.5) is 4.39 Å². The smallest absolute Gasteiger partial charge is 0.352 e. The van der Waals surface area contributed by atoms with Crippen LogP contribution in [0.1, 0.15) is 13.3 Å². The van der Waals surface area contributed by atoms with Gasteiger partial charge in [-0.2, -0.15) is 0 Å². The molecule has 0 radical (unpaired) electrons. The van der Waals surface area contributed by atoms with E-state index in [1.807, 2.05) is 0 Å². The van der Waals surface area contributed by atoms with Crippen LogP contribution in [0, 0.1) is 0 Å². The fourth-order valence-corrected chi connectivity index (χ4v) is 1.03. The Balaban J connectivity index is 2.70. The summed E-state index contributed by atoms with van der Waals surface area (Å²) in [5, 5.41) is 0. The van der Waals surface area contributed by atoms with Crippen molar-refractivity contribution in [2.45, 2.75) is 19.0 Å². The largest absolute Gasteiger partial charge is 0.494 e. The highest BCUT2D eigenvalue weighted by Gasteiger charge is 2.48. The number of carbonyl (C=O) groups excluding carboxylic acids is 1. The number of alkyl halides is 1. The Bertz CT molecular complexity index is 214. The molecule has 12 heavy (non-hydrogen) atoms. The van der Waals surface area contributed by atoms with Gasteiger partial charge < -0.3 is 9.47 Å². The van der Waals surface area contributed by atoms with Crippen LogP contribution in [0.15, 0.2) is 12.3 Å². The van der Waals surface area contributed by atoms with E-state index in [-0.39, 0.29) is 25.4 Å². The van der Waals surface area contributed by atoms with Crippen molar-refractivity contribution in [1.29, 1.82) is 0 Å². The van der Waals surface area contributed by atoms with E-state index in [0.29, 0.717) is 0 Å². The maximum atomic E-state index is 13.6. The van der Waals surface area contributed by atoms with Crippen molar-refractivity contribution in [1.82, 2.24) is 0 Å². The van der Waals surface area contributed by atoms with E-state index >= 15 is 0 Å². The first kappa shape index (κ1) is 9.03. The van der Waals surface area contributed by atoms with E-state index in [9.17, 15) is 9.18 Å². The molecule has 68 valence electrons. The first-order valence-electron chi connectivity index (χ1n) is 3.79. The summed E-state index contributed by atoms with van der Waals surface area (Å²) in [6.07, 6.45) is 0.00463. The molecule has 0 amide bonds. The number of hydrogen-bond acceptors (Lipinski definition) is 3. The minimum Gasteiger partial charge on any atom is -0.494 e. The van der Waals surface area contributed by atoms with Gasteiger partial charge in [0.1, 0.15) is 5.76 Å². The van der Waals surface area contributed by atoms with E-state index in [0.717, 1.165) is 0 Å². The summed E-state index contributed by atoms with van der Waals surface area (Å²) in [4.78, 5) is 11.0. The molecule has 1 unspecified atom stereocenters. The lowest BCUT2D eigenvalue weighted by atomic mass is 10.0. The van der Waals surface area contributed by atoms with Gasteiger partial charge in [0.2, 0.25) is 0 Å². The molecule has 1 fully saturated rings. The van der Waals surface area contributed by atoms with Crippen LogP contribution in [-0.4, -0.2) is 24.9 Å². The van der Waals surface area contributed by atoms with Crippen molar-refractivity contribution in [2.24, 2.45) is 0 Å². The molecule has 0 aliphatic carbocycles. The fourth-order valence-electron chi connectivity index (χ4n) is 1.03. The molecule has 0 aromatic heterocycles. The first-order valence-corrected chi connectivity index (χ1v) is 3.79. The average molecular weight is 174 g/mol. The Kier molecular flexibility index (Phi) is 2.35. The Morgan fingerprint density at radius 2 is 2.58 bits per heavy atom. The Morgan fingerprint density at radius 1 is 1.92 bits per heavy atom. The molecule has 0 saturated carbocycles. The van der Waals surface area contributed by atoms with Gasteiger partial charge in [-0.05, 0) is 6.92 Å². The average Bonchev–Trinajstić information content (AvgIpc) is 2.34. The zero-order chi connectivity index (χ0) is 9.19. The lowest BCUT2D eigenvalue weighted by molar-refractivity contribution is -0.154. The topological polar surface area (TPSA) is 35.5 Å². The van der Waals surface area contributed by atoms with Crippen molar-refractivity contribution < 1.29 is 18.7 Å². The number of rotatable bonds is 2. The minimum atomic E-state index is -2.12. The van der Waals surface area contributed by atoms with Gasteiger partial charge in [-0.25, -0.2) is 9.18 Å². The highest BCUT2D eigenvalue weighted by atomic mass is 19.1. The van der Waals surface area contributed by atoms with Gasteiger partial charge in [-0.1, -0.05) is 6.58 Å². The molecule has 1 atom stereocenters. The van der Waals surface area contributed by atoms with E-state index < -0.39 is 11.6 Å². The molecule has 0 aromatic carbocycles. The molecule has 1 rings (SSSR count). The van der Waals surface area contributed by atoms with Crippen LogP contribution in [0.25, 0.3) is 0 Å². The first-order chi connectivity index (χ1) is 5.61. The Hall–Kier alpha value is -1.06. The SMILES string of the molecule is C=C1OCCC1(F)C(=O)OCC. The normalized spacial score (nSPS) is 28.3. The predicted octanol–water partition coefficient (Wildman–Crippen LogP) is 1.19. The third-order valence-corrected chi connectivity index (χ3v) is 1.76. The van der Waals surface area contributed by atoms with Gasteiger partial charge in [-0.3, -0.25) is 0 Å². The Morgan fingerprint density at radius 3 is 3.00 bits per heavy atom. The van der Waals surface area contributed by atoms with E-state index in [1.165, 1.54) is 0 Å². The van der Waals surface area contributed by atoms with Crippen LogP contribution < -0.4 is 0 Å². The van der Waals surface area contributed by atoms with Crippen LogP contribution in [0.2, 0.25) is 0 Å². The monoisotopic (exact) mass is 174 g/mol. The van der Waals surface area contributed by atoms with Gasteiger partial charge in [-0.15, -0.1) is 0 Å². The molecule has 0 aromatic rings. The molecule has 0 spiro atoms. The number of halogens is 1. The van der Waals surface area contributed by atoms with Crippen LogP contribution in [0.3, 0.4) is 0 Å². The van der Waals surface area contributed by atoms with Crippen LogP contribution in [0.5, 0.6) is 0 Å². The molecule has 1 aliphatic heterocycles. The number of ether oxygens (including phenoxy) is 2. The zero-order valence-electron chi connectivity index (χ0n) is 6.93. The lowest BCUT2D eigenvalue weighted by Crippen LogP contribution is -2.34. The summed E-state index contributed by atoms with van der Waals surface area (Å²) in [5.41, 5.74) is -2.12. The van der Waals surface area contributed by atoms with Crippen LogP contribution >= 0.6 is 0 Å². The molecule has 1 aliphatic rings. The fraction of sp³-hybridized carbons (Fsp3) is 0.625. The summed E-state index contributed by atoms with van der Waals surface area (Å²) < 4.78 is 22.9. The van der Waals surface area contributed by atoms with Crippen molar-refractivity contribution in [3.63, 3.8) is 0 Å². The predicted molar refractivity (Wildman–Crippen MR) is 40.2 cm³/mol.